The highest BCUT2D eigenvalue weighted by molar-refractivity contribution is 5.98. The largest absolute Gasteiger partial charge is 0.339 e. The summed E-state index contributed by atoms with van der Waals surface area (Å²) in [6.07, 6.45) is 5.52. The number of amides is 3. The second kappa shape index (κ2) is 10.6. The molecule has 2 N–H and O–H groups in total. The minimum absolute atomic E-state index is 0.0705. The molecule has 1 aromatic carbocycles. The Labute approximate surface area is 189 Å². The minimum Gasteiger partial charge on any atom is -0.339 e. The van der Waals surface area contributed by atoms with E-state index in [9.17, 15) is 14.4 Å². The third kappa shape index (κ3) is 5.35. The van der Waals surface area contributed by atoms with Crippen LogP contribution in [0.3, 0.4) is 0 Å². The molecule has 0 saturated heterocycles. The number of fused-ring (bicyclic) bond motifs is 1. The molecule has 8 nitrogen and oxygen atoms in total. The van der Waals surface area contributed by atoms with Crippen LogP contribution in [0.4, 0.5) is 5.69 Å². The Bertz CT molecular complexity index is 1050. The van der Waals surface area contributed by atoms with Crippen LogP contribution < -0.4 is 10.6 Å². The van der Waals surface area contributed by atoms with Crippen molar-refractivity contribution in [3.8, 4) is 23.6 Å². The molecule has 1 aliphatic heterocycles. The van der Waals surface area contributed by atoms with Gasteiger partial charge in [-0.15, -0.1) is 6.42 Å². The number of carbonyl (C=O) groups excluding carboxylic acids is 3. The van der Waals surface area contributed by atoms with Crippen LogP contribution in [0.5, 0.6) is 0 Å². The lowest BCUT2D eigenvalue weighted by molar-refractivity contribution is -0.120. The molecular formula is C24H31N5O3. The van der Waals surface area contributed by atoms with Gasteiger partial charge in [-0.25, -0.2) is 0 Å². The van der Waals surface area contributed by atoms with E-state index < -0.39 is 0 Å². The summed E-state index contributed by atoms with van der Waals surface area (Å²) in [6, 6.07) is 6.92. The van der Waals surface area contributed by atoms with Crippen molar-refractivity contribution in [2.45, 2.75) is 47.6 Å². The summed E-state index contributed by atoms with van der Waals surface area (Å²) in [5.41, 5.74) is 2.85. The highest BCUT2D eigenvalue weighted by Crippen LogP contribution is 2.32. The summed E-state index contributed by atoms with van der Waals surface area (Å²) in [7, 11) is 0. The number of carbonyl (C=O) groups is 3. The topological polar surface area (TPSA) is 96.3 Å². The average Bonchev–Trinajstić information content (AvgIpc) is 3.22. The molecule has 2 aromatic rings. The third-order valence-corrected chi connectivity index (χ3v) is 4.91. The highest BCUT2D eigenvalue weighted by Gasteiger charge is 2.31. The molecule has 0 bridgehead atoms. The van der Waals surface area contributed by atoms with Crippen LogP contribution in [-0.2, 0) is 9.59 Å². The van der Waals surface area contributed by atoms with E-state index in [-0.39, 0.29) is 36.3 Å². The monoisotopic (exact) mass is 437 g/mol. The molecule has 2 heterocycles. The van der Waals surface area contributed by atoms with Crippen molar-refractivity contribution in [1.82, 2.24) is 20.0 Å². The summed E-state index contributed by atoms with van der Waals surface area (Å²) in [6.45, 7) is 11.5. The SMILES string of the molecule is C#Cc1ccc(-c2cc3n(n2)C(C)CN(CNC(C)=O)C3=O)c(NC(=O)C(C)C)c1.CC. The van der Waals surface area contributed by atoms with Crippen molar-refractivity contribution < 1.29 is 14.4 Å². The van der Waals surface area contributed by atoms with Crippen molar-refractivity contribution in [3.05, 3.63) is 35.5 Å². The summed E-state index contributed by atoms with van der Waals surface area (Å²) >= 11 is 0. The molecule has 0 fully saturated rings. The molecule has 1 aliphatic rings. The van der Waals surface area contributed by atoms with Crippen molar-refractivity contribution in [1.29, 1.82) is 0 Å². The number of hydrogen-bond acceptors (Lipinski definition) is 4. The Morgan fingerprint density at radius 1 is 1.28 bits per heavy atom. The Morgan fingerprint density at radius 3 is 2.56 bits per heavy atom. The fourth-order valence-electron chi connectivity index (χ4n) is 3.24. The van der Waals surface area contributed by atoms with Gasteiger partial charge in [0.05, 0.1) is 24.1 Å². The van der Waals surface area contributed by atoms with Crippen LogP contribution in [0.1, 0.15) is 63.6 Å². The number of nitrogens with zero attached hydrogens (tertiary/aromatic N) is 3. The van der Waals surface area contributed by atoms with Crippen LogP contribution in [0.15, 0.2) is 24.3 Å². The molecule has 170 valence electrons. The fraction of sp³-hybridized carbons (Fsp3) is 0.417. The van der Waals surface area contributed by atoms with Crippen LogP contribution in [0.2, 0.25) is 0 Å². The zero-order valence-electron chi connectivity index (χ0n) is 19.5. The van der Waals surface area contributed by atoms with E-state index in [4.69, 9.17) is 6.42 Å². The lowest BCUT2D eigenvalue weighted by Crippen LogP contribution is -2.47. The predicted octanol–water partition coefficient (Wildman–Crippen LogP) is 3.26. The van der Waals surface area contributed by atoms with Gasteiger partial charge in [0.2, 0.25) is 11.8 Å². The van der Waals surface area contributed by atoms with Crippen molar-refractivity contribution in [3.63, 3.8) is 0 Å². The summed E-state index contributed by atoms with van der Waals surface area (Å²) in [5, 5.41) is 10.2. The van der Waals surface area contributed by atoms with Crippen molar-refractivity contribution in [2.24, 2.45) is 5.92 Å². The van der Waals surface area contributed by atoms with Crippen molar-refractivity contribution >= 4 is 23.4 Å². The van der Waals surface area contributed by atoms with Gasteiger partial charge in [0.1, 0.15) is 5.69 Å². The van der Waals surface area contributed by atoms with Crippen LogP contribution in [0, 0.1) is 18.3 Å². The molecular weight excluding hydrogens is 406 g/mol. The maximum absolute atomic E-state index is 12.9. The van der Waals surface area contributed by atoms with Gasteiger partial charge in [0.15, 0.2) is 0 Å². The minimum atomic E-state index is -0.214. The van der Waals surface area contributed by atoms with E-state index in [2.05, 4.69) is 21.7 Å². The van der Waals surface area contributed by atoms with E-state index in [1.807, 2.05) is 20.8 Å². The first-order chi connectivity index (χ1) is 15.2. The first-order valence-electron chi connectivity index (χ1n) is 10.8. The van der Waals surface area contributed by atoms with Gasteiger partial charge < -0.3 is 15.5 Å². The first-order valence-corrected chi connectivity index (χ1v) is 10.8. The quantitative estimate of drug-likeness (QED) is 0.702. The molecule has 1 aromatic heterocycles. The van der Waals surface area contributed by atoms with E-state index >= 15 is 0 Å². The molecule has 0 saturated carbocycles. The van der Waals surface area contributed by atoms with E-state index in [1.54, 1.807) is 47.7 Å². The molecule has 0 aliphatic carbocycles. The number of hydrogen-bond donors (Lipinski definition) is 2. The molecule has 0 radical (unpaired) electrons. The predicted molar refractivity (Wildman–Crippen MR) is 125 cm³/mol. The second-order valence-electron chi connectivity index (χ2n) is 7.68. The lowest BCUT2D eigenvalue weighted by atomic mass is 10.0. The molecule has 8 heteroatoms. The van der Waals surface area contributed by atoms with Crippen molar-refractivity contribution in [2.75, 3.05) is 18.5 Å². The molecule has 1 unspecified atom stereocenters. The molecule has 0 spiro atoms. The first kappa shape index (κ1) is 24.7. The van der Waals surface area contributed by atoms with Gasteiger partial charge in [0.25, 0.3) is 5.91 Å². The number of benzene rings is 1. The zero-order valence-corrected chi connectivity index (χ0v) is 19.5. The zero-order chi connectivity index (χ0) is 24.0. The lowest BCUT2D eigenvalue weighted by Gasteiger charge is -2.31. The van der Waals surface area contributed by atoms with Gasteiger partial charge in [-0.05, 0) is 31.2 Å². The van der Waals surface area contributed by atoms with E-state index in [1.165, 1.54) is 6.92 Å². The van der Waals surface area contributed by atoms with Gasteiger partial charge in [-0.3, -0.25) is 19.1 Å². The highest BCUT2D eigenvalue weighted by atomic mass is 16.2. The smallest absolute Gasteiger partial charge is 0.273 e. The third-order valence-electron chi connectivity index (χ3n) is 4.91. The number of nitrogens with one attached hydrogen (secondary N) is 2. The van der Waals surface area contributed by atoms with Crippen LogP contribution >= 0.6 is 0 Å². The van der Waals surface area contributed by atoms with Gasteiger partial charge in [-0.1, -0.05) is 33.6 Å². The maximum Gasteiger partial charge on any atom is 0.273 e. The summed E-state index contributed by atoms with van der Waals surface area (Å²) in [5.74, 6) is 1.81. The summed E-state index contributed by atoms with van der Waals surface area (Å²) < 4.78 is 1.69. The fourth-order valence-corrected chi connectivity index (χ4v) is 3.24. The number of aromatic nitrogens is 2. The standard InChI is InChI=1S/C22H25N5O3.C2H6/c1-6-16-7-8-17(18(9-16)24-21(29)13(2)3)19-10-20-22(30)26(12-23-15(5)28)11-14(4)27(20)25-19;1-2/h1,7-10,13-14H,11-12H2,2-5H3,(H,23,28)(H,24,29);1-2H3. The normalized spacial score (nSPS) is 14.8. The van der Waals surface area contributed by atoms with E-state index in [0.717, 1.165) is 0 Å². The molecule has 3 amide bonds. The maximum atomic E-state index is 12.9. The van der Waals surface area contributed by atoms with Gasteiger partial charge >= 0.3 is 0 Å². The number of rotatable bonds is 5. The van der Waals surface area contributed by atoms with Crippen LogP contribution in [-0.4, -0.2) is 45.6 Å². The average molecular weight is 438 g/mol. The van der Waals surface area contributed by atoms with Crippen LogP contribution in [0.25, 0.3) is 11.3 Å². The van der Waals surface area contributed by atoms with Gasteiger partial charge in [0, 0.05) is 30.5 Å². The second-order valence-corrected chi connectivity index (χ2v) is 7.68. The Hall–Kier alpha value is -3.60. The molecule has 32 heavy (non-hydrogen) atoms. The van der Waals surface area contributed by atoms with E-state index in [0.29, 0.717) is 34.7 Å². The summed E-state index contributed by atoms with van der Waals surface area (Å²) in [4.78, 5) is 38.0. The van der Waals surface area contributed by atoms with Gasteiger partial charge in [-0.2, -0.15) is 5.10 Å². The molecule has 3 rings (SSSR count). The Morgan fingerprint density at radius 2 is 1.97 bits per heavy atom. The Balaban J connectivity index is 0.00000176. The molecule has 1 atom stereocenters. The number of terminal acetylenes is 1. The number of anilines is 1. The Kier molecular flexibility index (Phi) is 8.19.